The number of halogens is 1. The van der Waals surface area contributed by atoms with Crippen molar-refractivity contribution in [3.8, 4) is 22.6 Å². The van der Waals surface area contributed by atoms with Gasteiger partial charge >= 0.3 is 0 Å². The molecule has 6 heteroatoms. The molecule has 0 saturated heterocycles. The fourth-order valence-corrected chi connectivity index (χ4v) is 4.12. The summed E-state index contributed by atoms with van der Waals surface area (Å²) in [5, 5.41) is 14.0. The Morgan fingerprint density at radius 3 is 2.50 bits per heavy atom. The molecule has 4 aromatic rings. The summed E-state index contributed by atoms with van der Waals surface area (Å²) in [6, 6.07) is 20.3. The van der Waals surface area contributed by atoms with E-state index in [4.69, 9.17) is 16.3 Å². The lowest BCUT2D eigenvalue weighted by molar-refractivity contribution is 0.0896. The summed E-state index contributed by atoms with van der Waals surface area (Å²) in [4.78, 5) is 17.2. The van der Waals surface area contributed by atoms with Crippen LogP contribution in [0.5, 0.6) is 11.5 Å². The Morgan fingerprint density at radius 2 is 1.76 bits per heavy atom. The summed E-state index contributed by atoms with van der Waals surface area (Å²) in [6.07, 6.45) is 1.83. The molecule has 0 saturated carbocycles. The van der Waals surface area contributed by atoms with Crippen LogP contribution in [0.2, 0.25) is 5.02 Å². The van der Waals surface area contributed by atoms with Crippen molar-refractivity contribution in [3.05, 3.63) is 89.1 Å². The average Bonchev–Trinajstić information content (AvgIpc) is 2.82. The Bertz CT molecular complexity index is 1340. The number of nitrogens with one attached hydrogen (secondary N) is 1. The first-order valence-corrected chi connectivity index (χ1v) is 11.6. The number of aromatic nitrogens is 1. The smallest absolute Gasteiger partial charge is 0.251 e. The van der Waals surface area contributed by atoms with Crippen LogP contribution in [0.15, 0.2) is 72.9 Å². The molecule has 0 aliphatic heterocycles. The second-order valence-electron chi connectivity index (χ2n) is 8.62. The van der Waals surface area contributed by atoms with Gasteiger partial charge in [-0.2, -0.15) is 0 Å². The second-order valence-corrected chi connectivity index (χ2v) is 9.02. The van der Waals surface area contributed by atoms with Gasteiger partial charge in [-0.3, -0.25) is 9.78 Å². The molecule has 174 valence electrons. The molecule has 0 spiro atoms. The molecule has 0 radical (unpaired) electrons. The van der Waals surface area contributed by atoms with Gasteiger partial charge in [0.2, 0.25) is 0 Å². The van der Waals surface area contributed by atoms with Crippen LogP contribution in [0.3, 0.4) is 0 Å². The van der Waals surface area contributed by atoms with E-state index in [1.807, 2.05) is 75.5 Å². The van der Waals surface area contributed by atoms with E-state index in [2.05, 4.69) is 10.3 Å². The van der Waals surface area contributed by atoms with Gasteiger partial charge in [-0.1, -0.05) is 55.8 Å². The van der Waals surface area contributed by atoms with E-state index in [-0.39, 0.29) is 24.5 Å². The van der Waals surface area contributed by atoms with Crippen molar-refractivity contribution >= 4 is 28.4 Å². The lowest BCUT2D eigenvalue weighted by Crippen LogP contribution is -2.41. The van der Waals surface area contributed by atoms with Crippen molar-refractivity contribution in [3.63, 3.8) is 0 Å². The molecule has 34 heavy (non-hydrogen) atoms. The molecule has 1 amide bonds. The standard InChI is InChI=1S/C28H27ClN2O3/c1-17(2)25(16-32)31-28(33)20-8-5-10-22(14-20)34-21-9-4-7-19(13-21)26-18(3)15-30-27-23(26)11-6-12-24(27)29/h4-15,17,25,32H,16H2,1-3H3,(H,31,33). The molecule has 1 heterocycles. The second kappa shape index (κ2) is 10.2. The zero-order valence-electron chi connectivity index (χ0n) is 19.4. The number of rotatable bonds is 7. The Labute approximate surface area is 204 Å². The van der Waals surface area contributed by atoms with Crippen molar-refractivity contribution in [1.82, 2.24) is 10.3 Å². The number of pyridine rings is 1. The van der Waals surface area contributed by atoms with Gasteiger partial charge in [0.25, 0.3) is 5.91 Å². The van der Waals surface area contributed by atoms with E-state index in [9.17, 15) is 9.90 Å². The van der Waals surface area contributed by atoms with Crippen molar-refractivity contribution in [1.29, 1.82) is 0 Å². The molecule has 2 N–H and O–H groups in total. The Morgan fingerprint density at radius 1 is 1.06 bits per heavy atom. The third kappa shape index (κ3) is 5.06. The molecule has 0 bridgehead atoms. The maximum absolute atomic E-state index is 12.7. The summed E-state index contributed by atoms with van der Waals surface area (Å²) >= 11 is 6.37. The van der Waals surface area contributed by atoms with Gasteiger partial charge in [0.05, 0.1) is 23.2 Å². The molecular weight excluding hydrogens is 448 g/mol. The minimum absolute atomic E-state index is 0.110. The van der Waals surface area contributed by atoms with Crippen molar-refractivity contribution in [2.75, 3.05) is 6.61 Å². The summed E-state index contributed by atoms with van der Waals surface area (Å²) in [7, 11) is 0. The highest BCUT2D eigenvalue weighted by atomic mass is 35.5. The first-order valence-electron chi connectivity index (χ1n) is 11.2. The lowest BCUT2D eigenvalue weighted by Gasteiger charge is -2.20. The van der Waals surface area contributed by atoms with E-state index < -0.39 is 0 Å². The van der Waals surface area contributed by atoms with Gasteiger partial charge in [-0.15, -0.1) is 0 Å². The molecule has 1 aromatic heterocycles. The molecular formula is C28H27ClN2O3. The molecule has 0 fully saturated rings. The minimum atomic E-state index is -0.305. The topological polar surface area (TPSA) is 71.5 Å². The Kier molecular flexibility index (Phi) is 7.15. The molecule has 0 aliphatic carbocycles. The number of fused-ring (bicyclic) bond motifs is 1. The number of aliphatic hydroxyl groups excluding tert-OH is 1. The maximum Gasteiger partial charge on any atom is 0.251 e. The van der Waals surface area contributed by atoms with Crippen LogP contribution in [-0.2, 0) is 0 Å². The fourth-order valence-electron chi connectivity index (χ4n) is 3.90. The van der Waals surface area contributed by atoms with E-state index in [1.165, 1.54) is 0 Å². The third-order valence-corrected chi connectivity index (χ3v) is 6.12. The molecule has 0 aliphatic rings. The van der Waals surface area contributed by atoms with Gasteiger partial charge in [0.1, 0.15) is 11.5 Å². The van der Waals surface area contributed by atoms with Gasteiger partial charge in [-0.25, -0.2) is 0 Å². The van der Waals surface area contributed by atoms with Crippen LogP contribution < -0.4 is 10.1 Å². The largest absolute Gasteiger partial charge is 0.457 e. The molecule has 1 atom stereocenters. The van der Waals surface area contributed by atoms with Crippen LogP contribution in [0, 0.1) is 12.8 Å². The molecule has 1 unspecified atom stereocenters. The van der Waals surface area contributed by atoms with E-state index in [0.717, 1.165) is 27.6 Å². The highest BCUT2D eigenvalue weighted by Crippen LogP contribution is 2.35. The number of benzene rings is 3. The van der Waals surface area contributed by atoms with Crippen LogP contribution >= 0.6 is 11.6 Å². The Balaban J connectivity index is 1.62. The SMILES string of the molecule is Cc1cnc2c(Cl)cccc2c1-c1cccc(Oc2cccc(C(=O)NC(CO)C(C)C)c2)c1. The number of amides is 1. The van der Waals surface area contributed by atoms with E-state index >= 15 is 0 Å². The van der Waals surface area contributed by atoms with Crippen LogP contribution in [-0.4, -0.2) is 28.6 Å². The normalized spacial score (nSPS) is 12.1. The number of hydrogen-bond acceptors (Lipinski definition) is 4. The number of aliphatic hydroxyl groups is 1. The minimum Gasteiger partial charge on any atom is -0.457 e. The monoisotopic (exact) mass is 474 g/mol. The number of ether oxygens (including phenoxy) is 1. The van der Waals surface area contributed by atoms with Gasteiger partial charge in [0.15, 0.2) is 0 Å². The highest BCUT2D eigenvalue weighted by molar-refractivity contribution is 6.35. The van der Waals surface area contributed by atoms with E-state index in [1.54, 1.807) is 18.2 Å². The van der Waals surface area contributed by atoms with Crippen LogP contribution in [0.25, 0.3) is 22.0 Å². The first-order chi connectivity index (χ1) is 16.4. The summed E-state index contributed by atoms with van der Waals surface area (Å²) in [5.41, 5.74) is 4.31. The predicted molar refractivity (Wildman–Crippen MR) is 137 cm³/mol. The highest BCUT2D eigenvalue weighted by Gasteiger charge is 2.17. The van der Waals surface area contributed by atoms with Crippen molar-refractivity contribution in [2.45, 2.75) is 26.8 Å². The summed E-state index contributed by atoms with van der Waals surface area (Å²) in [6.45, 7) is 5.82. The predicted octanol–water partition coefficient (Wildman–Crippen LogP) is 6.40. The third-order valence-electron chi connectivity index (χ3n) is 5.81. The van der Waals surface area contributed by atoms with Crippen molar-refractivity contribution < 1.29 is 14.6 Å². The molecule has 3 aromatic carbocycles. The van der Waals surface area contributed by atoms with E-state index in [0.29, 0.717) is 22.1 Å². The molecule has 5 nitrogen and oxygen atoms in total. The number of hydrogen-bond donors (Lipinski definition) is 2. The van der Waals surface area contributed by atoms with Gasteiger partial charge in [-0.05, 0) is 65.9 Å². The quantitative estimate of drug-likeness (QED) is 0.325. The maximum atomic E-state index is 12.7. The zero-order chi connectivity index (χ0) is 24.2. The van der Waals surface area contributed by atoms with Crippen LogP contribution in [0.4, 0.5) is 0 Å². The van der Waals surface area contributed by atoms with Crippen LogP contribution in [0.1, 0.15) is 29.8 Å². The lowest BCUT2D eigenvalue weighted by atomic mass is 9.97. The first kappa shape index (κ1) is 23.7. The molecule has 4 rings (SSSR count). The average molecular weight is 475 g/mol. The number of aryl methyl sites for hydroxylation is 1. The number of carbonyl (C=O) groups is 1. The van der Waals surface area contributed by atoms with Gasteiger partial charge < -0.3 is 15.2 Å². The van der Waals surface area contributed by atoms with Gasteiger partial charge in [0, 0.05) is 17.1 Å². The van der Waals surface area contributed by atoms with Crippen molar-refractivity contribution in [2.24, 2.45) is 5.92 Å². The number of carbonyl (C=O) groups excluding carboxylic acids is 1. The summed E-state index contributed by atoms with van der Waals surface area (Å²) in [5.74, 6) is 1.08. The Hall–Kier alpha value is -3.41. The number of para-hydroxylation sites is 1. The summed E-state index contributed by atoms with van der Waals surface area (Å²) < 4.78 is 6.11. The fraction of sp³-hybridized carbons (Fsp3) is 0.214. The zero-order valence-corrected chi connectivity index (χ0v) is 20.1. The number of nitrogens with zero attached hydrogens (tertiary/aromatic N) is 1.